The van der Waals surface area contributed by atoms with Gasteiger partial charge in [-0.25, -0.2) is 15.0 Å². The second kappa shape index (κ2) is 8.84. The molecule has 0 spiro atoms. The van der Waals surface area contributed by atoms with Crippen molar-refractivity contribution in [2.24, 2.45) is 0 Å². The van der Waals surface area contributed by atoms with Gasteiger partial charge in [0, 0.05) is 36.2 Å². The number of nitrogens with one attached hydrogen (secondary N) is 1. The molecule has 9 heteroatoms. The summed E-state index contributed by atoms with van der Waals surface area (Å²) in [5, 5.41) is 5.70. The molecule has 0 aliphatic heterocycles. The summed E-state index contributed by atoms with van der Waals surface area (Å²) < 4.78 is 6.28. The highest BCUT2D eigenvalue weighted by molar-refractivity contribution is 8.00. The van der Waals surface area contributed by atoms with E-state index in [2.05, 4.69) is 21.4 Å². The average Bonchev–Trinajstić information content (AvgIpc) is 3.19. The second-order valence-corrected chi connectivity index (χ2v) is 9.60. The molecule has 2 aromatic carbocycles. The molecular formula is C24H21N5O2S2. The van der Waals surface area contributed by atoms with E-state index >= 15 is 0 Å². The third-order valence-corrected chi connectivity index (χ3v) is 7.43. The quantitative estimate of drug-likeness (QED) is 0.267. The van der Waals surface area contributed by atoms with Crippen molar-refractivity contribution in [2.75, 3.05) is 37.2 Å². The first kappa shape index (κ1) is 21.4. The van der Waals surface area contributed by atoms with E-state index in [0.717, 1.165) is 53.5 Å². The summed E-state index contributed by atoms with van der Waals surface area (Å²) in [5.74, 6) is 0.959. The number of rotatable bonds is 6. The highest BCUT2D eigenvalue weighted by atomic mass is 32.2. The highest BCUT2D eigenvalue weighted by Crippen LogP contribution is 2.38. The zero-order valence-electron chi connectivity index (χ0n) is 18.3. The standard InChI is InChI=1S/C24H21N5O2S2/c1-29(2)16-6-4-15(5-7-16)27-20(30)12-32-24-22-21(25-13-26-24)18-11-14-10-17(31-3)8-9-19(14)28-23(18)33-22/h4-11,13H,12H2,1-3H3,(H,27,30). The molecule has 0 radical (unpaired) electrons. The van der Waals surface area contributed by atoms with Crippen LogP contribution in [0.3, 0.4) is 0 Å². The van der Waals surface area contributed by atoms with Crippen LogP contribution in [0.25, 0.3) is 31.3 Å². The number of amides is 1. The number of pyridine rings is 1. The minimum atomic E-state index is -0.0820. The third kappa shape index (κ3) is 4.29. The molecule has 0 aliphatic carbocycles. The number of aromatic nitrogens is 3. The van der Waals surface area contributed by atoms with Crippen LogP contribution in [-0.4, -0.2) is 47.8 Å². The Morgan fingerprint density at radius 2 is 1.94 bits per heavy atom. The van der Waals surface area contributed by atoms with E-state index in [0.29, 0.717) is 0 Å². The molecule has 166 valence electrons. The van der Waals surface area contributed by atoms with Crippen molar-refractivity contribution in [3.8, 4) is 5.75 Å². The number of ether oxygens (including phenoxy) is 1. The van der Waals surface area contributed by atoms with Gasteiger partial charge in [0.1, 0.15) is 21.9 Å². The lowest BCUT2D eigenvalue weighted by Crippen LogP contribution is -2.14. The van der Waals surface area contributed by atoms with E-state index < -0.39 is 0 Å². The topological polar surface area (TPSA) is 80.2 Å². The number of methoxy groups -OCH3 is 1. The Morgan fingerprint density at radius 1 is 1.12 bits per heavy atom. The van der Waals surface area contributed by atoms with Gasteiger partial charge in [-0.3, -0.25) is 4.79 Å². The van der Waals surface area contributed by atoms with Crippen molar-refractivity contribution in [2.45, 2.75) is 5.03 Å². The Hall–Kier alpha value is -3.43. The molecule has 0 bridgehead atoms. The van der Waals surface area contributed by atoms with E-state index in [1.807, 2.05) is 61.5 Å². The van der Waals surface area contributed by atoms with Crippen molar-refractivity contribution in [3.05, 3.63) is 54.9 Å². The van der Waals surface area contributed by atoms with Crippen LogP contribution in [0.2, 0.25) is 0 Å². The maximum Gasteiger partial charge on any atom is 0.234 e. The number of benzene rings is 2. The van der Waals surface area contributed by atoms with Crippen LogP contribution < -0.4 is 15.0 Å². The number of hydrogen-bond acceptors (Lipinski definition) is 8. The Morgan fingerprint density at radius 3 is 2.70 bits per heavy atom. The van der Waals surface area contributed by atoms with Crippen LogP contribution in [0.1, 0.15) is 0 Å². The van der Waals surface area contributed by atoms with Crippen molar-refractivity contribution >= 4 is 71.7 Å². The van der Waals surface area contributed by atoms with Crippen molar-refractivity contribution in [1.29, 1.82) is 0 Å². The first-order chi connectivity index (χ1) is 16.0. The number of carbonyl (C=O) groups excluding carboxylic acids is 1. The molecule has 3 heterocycles. The summed E-state index contributed by atoms with van der Waals surface area (Å²) in [6.07, 6.45) is 1.55. The minimum absolute atomic E-state index is 0.0820. The van der Waals surface area contributed by atoms with Gasteiger partial charge < -0.3 is 15.0 Å². The fraction of sp³-hybridized carbons (Fsp3) is 0.167. The summed E-state index contributed by atoms with van der Waals surface area (Å²) in [6.45, 7) is 0. The largest absolute Gasteiger partial charge is 0.497 e. The number of anilines is 2. The van der Waals surface area contributed by atoms with Crippen LogP contribution in [0.5, 0.6) is 5.75 Å². The summed E-state index contributed by atoms with van der Waals surface area (Å²) in [6, 6.07) is 15.7. The summed E-state index contributed by atoms with van der Waals surface area (Å²) in [4.78, 5) is 29.2. The number of carbonyl (C=O) groups is 1. The molecule has 0 fully saturated rings. The van der Waals surface area contributed by atoms with Gasteiger partial charge in [-0.1, -0.05) is 11.8 Å². The van der Waals surface area contributed by atoms with E-state index in [9.17, 15) is 4.79 Å². The Labute approximate surface area is 198 Å². The van der Waals surface area contributed by atoms with Crippen LogP contribution in [-0.2, 0) is 4.79 Å². The molecule has 0 unspecified atom stereocenters. The zero-order chi connectivity index (χ0) is 22.9. The second-order valence-electron chi connectivity index (χ2n) is 7.64. The molecular weight excluding hydrogens is 454 g/mol. The van der Waals surface area contributed by atoms with Crippen molar-refractivity contribution in [3.63, 3.8) is 0 Å². The Kier molecular flexibility index (Phi) is 5.74. The molecule has 0 aliphatic rings. The van der Waals surface area contributed by atoms with E-state index in [-0.39, 0.29) is 11.7 Å². The van der Waals surface area contributed by atoms with Gasteiger partial charge in [0.25, 0.3) is 0 Å². The number of nitrogens with zero attached hydrogens (tertiary/aromatic N) is 4. The van der Waals surface area contributed by atoms with Gasteiger partial charge >= 0.3 is 0 Å². The molecule has 5 rings (SSSR count). The number of thiophene rings is 1. The first-order valence-corrected chi connectivity index (χ1v) is 12.0. The summed E-state index contributed by atoms with van der Waals surface area (Å²) >= 11 is 2.95. The summed E-state index contributed by atoms with van der Waals surface area (Å²) in [5.41, 5.74) is 3.60. The Balaban J connectivity index is 1.38. The van der Waals surface area contributed by atoms with Crippen LogP contribution in [0, 0.1) is 0 Å². The Bertz CT molecular complexity index is 1480. The molecule has 0 saturated heterocycles. The van der Waals surface area contributed by atoms with Crippen LogP contribution in [0.15, 0.2) is 59.9 Å². The lowest BCUT2D eigenvalue weighted by atomic mass is 10.1. The predicted molar refractivity (Wildman–Crippen MR) is 137 cm³/mol. The average molecular weight is 476 g/mol. The molecule has 0 atom stereocenters. The summed E-state index contributed by atoms with van der Waals surface area (Å²) in [7, 11) is 5.62. The SMILES string of the molecule is COc1ccc2nc3sc4c(SCC(=O)Nc5ccc(N(C)C)cc5)ncnc4c3cc2c1. The molecule has 5 aromatic rings. The van der Waals surface area contributed by atoms with Crippen LogP contribution >= 0.6 is 23.1 Å². The molecule has 1 N–H and O–H groups in total. The van der Waals surface area contributed by atoms with Gasteiger partial charge in [-0.05, 0) is 48.5 Å². The third-order valence-electron chi connectivity index (χ3n) is 5.22. The smallest absolute Gasteiger partial charge is 0.234 e. The number of hydrogen-bond donors (Lipinski definition) is 1. The van der Waals surface area contributed by atoms with Crippen LogP contribution in [0.4, 0.5) is 11.4 Å². The van der Waals surface area contributed by atoms with E-state index in [1.165, 1.54) is 11.8 Å². The number of fused-ring (bicyclic) bond motifs is 4. The van der Waals surface area contributed by atoms with E-state index in [1.54, 1.807) is 24.8 Å². The van der Waals surface area contributed by atoms with Gasteiger partial charge in [0.15, 0.2) is 0 Å². The predicted octanol–water partition coefficient (Wildman–Crippen LogP) is 5.20. The van der Waals surface area contributed by atoms with Crippen molar-refractivity contribution in [1.82, 2.24) is 15.0 Å². The van der Waals surface area contributed by atoms with Gasteiger partial charge in [-0.2, -0.15) is 0 Å². The maximum absolute atomic E-state index is 12.5. The number of thioether (sulfide) groups is 1. The van der Waals surface area contributed by atoms with E-state index in [4.69, 9.17) is 9.72 Å². The highest BCUT2D eigenvalue weighted by Gasteiger charge is 2.15. The molecule has 7 nitrogen and oxygen atoms in total. The fourth-order valence-electron chi connectivity index (χ4n) is 3.53. The normalized spacial score (nSPS) is 11.2. The lowest BCUT2D eigenvalue weighted by Gasteiger charge is -2.13. The fourth-order valence-corrected chi connectivity index (χ4v) is 5.52. The first-order valence-electron chi connectivity index (χ1n) is 10.2. The minimum Gasteiger partial charge on any atom is -0.497 e. The maximum atomic E-state index is 12.5. The lowest BCUT2D eigenvalue weighted by molar-refractivity contribution is -0.113. The van der Waals surface area contributed by atoms with Crippen molar-refractivity contribution < 1.29 is 9.53 Å². The monoisotopic (exact) mass is 475 g/mol. The molecule has 33 heavy (non-hydrogen) atoms. The zero-order valence-corrected chi connectivity index (χ0v) is 20.0. The molecule has 3 aromatic heterocycles. The van der Waals surface area contributed by atoms with Gasteiger partial charge in [-0.15, -0.1) is 11.3 Å². The van der Waals surface area contributed by atoms with Gasteiger partial charge in [0.05, 0.1) is 28.6 Å². The van der Waals surface area contributed by atoms with Gasteiger partial charge in [0.2, 0.25) is 5.91 Å². The molecule has 0 saturated carbocycles. The molecule has 1 amide bonds.